The quantitative estimate of drug-likeness (QED) is 0.319. The summed E-state index contributed by atoms with van der Waals surface area (Å²) < 4.78 is 40.7. The van der Waals surface area contributed by atoms with Crippen LogP contribution >= 0.6 is 0 Å². The molecule has 2 aromatic carbocycles. The van der Waals surface area contributed by atoms with E-state index in [1.165, 1.54) is 6.07 Å². The smallest absolute Gasteiger partial charge is 0.387 e. The van der Waals surface area contributed by atoms with Crippen LogP contribution in [0.5, 0.6) is 17.2 Å². The second-order valence-electron chi connectivity index (χ2n) is 6.44. The van der Waals surface area contributed by atoms with Crippen molar-refractivity contribution in [2.75, 3.05) is 26.4 Å². The Bertz CT molecular complexity index is 910. The van der Waals surface area contributed by atoms with Crippen molar-refractivity contribution >= 4 is 11.9 Å². The summed E-state index contributed by atoms with van der Waals surface area (Å²) in [6, 6.07) is 11.9. The number of carbonyl (C=O) groups excluding carboxylic acids is 1. The summed E-state index contributed by atoms with van der Waals surface area (Å²) >= 11 is 0. The molecule has 3 rings (SSSR count). The van der Waals surface area contributed by atoms with Crippen LogP contribution in [0.3, 0.4) is 0 Å². The fourth-order valence-corrected chi connectivity index (χ4v) is 2.85. The molecule has 2 aromatic rings. The van der Waals surface area contributed by atoms with Crippen molar-refractivity contribution in [3.05, 3.63) is 53.6 Å². The summed E-state index contributed by atoms with van der Waals surface area (Å²) in [7, 11) is 0. The number of hydrogen-bond acceptors (Lipinski definition) is 5. The Hall–Kier alpha value is -3.56. The number of hydrogen-bond donors (Lipinski definition) is 3. The van der Waals surface area contributed by atoms with Gasteiger partial charge in [0.2, 0.25) is 6.79 Å². The molecule has 0 aliphatic carbocycles. The number of alkyl halides is 2. The first kappa shape index (κ1) is 22.1. The zero-order valence-electron chi connectivity index (χ0n) is 17.0. The van der Waals surface area contributed by atoms with E-state index in [1.807, 2.05) is 13.0 Å². The van der Waals surface area contributed by atoms with Crippen molar-refractivity contribution in [2.45, 2.75) is 20.1 Å². The van der Waals surface area contributed by atoms with E-state index in [0.717, 1.165) is 0 Å². The zero-order valence-corrected chi connectivity index (χ0v) is 17.0. The standard InChI is InChI=1S/C21H24F2N4O4/c1-2-24-21(26-9-8-25-19(28)14-6-4-3-5-7-14)27-12-15-10-17-18(30-13-29-17)11-16(15)31-20(22)23/h3-7,10-11,20H,2,8-9,12-13H2,1H3,(H,25,28)(H2,24,26,27). The largest absolute Gasteiger partial charge is 0.454 e. The number of carbonyl (C=O) groups is 1. The number of nitrogens with zero attached hydrogens (tertiary/aromatic N) is 1. The highest BCUT2D eigenvalue weighted by molar-refractivity contribution is 5.94. The summed E-state index contributed by atoms with van der Waals surface area (Å²) in [5.41, 5.74) is 1.01. The first-order valence-electron chi connectivity index (χ1n) is 9.79. The topological polar surface area (TPSA) is 93.2 Å². The van der Waals surface area contributed by atoms with E-state index < -0.39 is 6.61 Å². The van der Waals surface area contributed by atoms with E-state index in [2.05, 4.69) is 25.7 Å². The second-order valence-corrected chi connectivity index (χ2v) is 6.44. The highest BCUT2D eigenvalue weighted by Gasteiger charge is 2.20. The minimum Gasteiger partial charge on any atom is -0.454 e. The summed E-state index contributed by atoms with van der Waals surface area (Å²) in [4.78, 5) is 16.5. The van der Waals surface area contributed by atoms with Gasteiger partial charge in [0.25, 0.3) is 5.91 Å². The average Bonchev–Trinajstić information content (AvgIpc) is 3.22. The van der Waals surface area contributed by atoms with Crippen LogP contribution < -0.4 is 30.2 Å². The monoisotopic (exact) mass is 434 g/mol. The summed E-state index contributed by atoms with van der Waals surface area (Å²) in [5.74, 6) is 1.08. The molecule has 0 saturated heterocycles. The number of guanidine groups is 1. The van der Waals surface area contributed by atoms with Crippen LogP contribution in [-0.2, 0) is 6.54 Å². The Labute approximate surface area is 178 Å². The molecule has 0 saturated carbocycles. The predicted molar refractivity (Wildman–Crippen MR) is 111 cm³/mol. The van der Waals surface area contributed by atoms with Gasteiger partial charge in [-0.1, -0.05) is 18.2 Å². The minimum atomic E-state index is -2.97. The molecule has 0 unspecified atom stereocenters. The Morgan fingerprint density at radius 3 is 2.52 bits per heavy atom. The predicted octanol–water partition coefficient (Wildman–Crippen LogP) is 2.50. The van der Waals surface area contributed by atoms with E-state index >= 15 is 0 Å². The van der Waals surface area contributed by atoms with E-state index in [0.29, 0.717) is 48.2 Å². The maximum Gasteiger partial charge on any atom is 0.387 e. The van der Waals surface area contributed by atoms with Crippen molar-refractivity contribution in [3.8, 4) is 17.2 Å². The molecule has 0 fully saturated rings. The van der Waals surface area contributed by atoms with Gasteiger partial charge in [-0.2, -0.15) is 8.78 Å². The van der Waals surface area contributed by atoms with Crippen molar-refractivity contribution < 1.29 is 27.8 Å². The van der Waals surface area contributed by atoms with Crippen LogP contribution in [0.15, 0.2) is 47.5 Å². The van der Waals surface area contributed by atoms with Gasteiger partial charge in [0.15, 0.2) is 17.5 Å². The summed E-state index contributed by atoms with van der Waals surface area (Å²) in [5, 5.41) is 8.97. The first-order chi connectivity index (χ1) is 15.1. The van der Waals surface area contributed by atoms with Crippen LogP contribution in [0.25, 0.3) is 0 Å². The number of amides is 1. The maximum absolute atomic E-state index is 12.8. The van der Waals surface area contributed by atoms with Crippen LogP contribution in [0.2, 0.25) is 0 Å². The lowest BCUT2D eigenvalue weighted by molar-refractivity contribution is -0.0505. The lowest BCUT2D eigenvalue weighted by Crippen LogP contribution is -2.41. The molecular weight excluding hydrogens is 410 g/mol. The maximum atomic E-state index is 12.8. The third kappa shape index (κ3) is 6.46. The van der Waals surface area contributed by atoms with E-state index in [4.69, 9.17) is 9.47 Å². The van der Waals surface area contributed by atoms with Gasteiger partial charge in [-0.05, 0) is 25.1 Å². The number of ether oxygens (including phenoxy) is 3. The highest BCUT2D eigenvalue weighted by atomic mass is 19.3. The number of rotatable bonds is 9. The van der Waals surface area contributed by atoms with Gasteiger partial charge in [-0.15, -0.1) is 0 Å². The van der Waals surface area contributed by atoms with Crippen LogP contribution in [0.4, 0.5) is 8.78 Å². The Kier molecular flexibility index (Phi) is 7.85. The highest BCUT2D eigenvalue weighted by Crippen LogP contribution is 2.39. The number of halogens is 2. The van der Waals surface area contributed by atoms with Crippen LogP contribution in [0.1, 0.15) is 22.8 Å². The second kappa shape index (κ2) is 11.0. The summed E-state index contributed by atoms with van der Waals surface area (Å²) in [6.45, 7) is 0.430. The SMILES string of the molecule is CCNC(=NCc1cc2c(cc1OC(F)F)OCO2)NCCNC(=O)c1ccccc1. The molecule has 0 bridgehead atoms. The number of benzene rings is 2. The molecule has 0 spiro atoms. The minimum absolute atomic E-state index is 0.0195. The molecule has 1 heterocycles. The summed E-state index contributed by atoms with van der Waals surface area (Å²) in [6.07, 6.45) is 0. The van der Waals surface area contributed by atoms with Crippen molar-refractivity contribution in [2.24, 2.45) is 4.99 Å². The molecule has 1 aliphatic heterocycles. The normalized spacial score (nSPS) is 12.6. The van der Waals surface area contributed by atoms with Crippen LogP contribution in [0, 0.1) is 0 Å². The Balaban J connectivity index is 1.58. The fourth-order valence-electron chi connectivity index (χ4n) is 2.85. The third-order valence-electron chi connectivity index (χ3n) is 4.26. The molecule has 0 aromatic heterocycles. The van der Waals surface area contributed by atoms with Crippen molar-refractivity contribution in [1.82, 2.24) is 16.0 Å². The number of fused-ring (bicyclic) bond motifs is 1. The van der Waals surface area contributed by atoms with Crippen molar-refractivity contribution in [1.29, 1.82) is 0 Å². The van der Waals surface area contributed by atoms with Gasteiger partial charge in [0.05, 0.1) is 6.54 Å². The molecule has 166 valence electrons. The van der Waals surface area contributed by atoms with Gasteiger partial charge in [-0.3, -0.25) is 4.79 Å². The molecule has 31 heavy (non-hydrogen) atoms. The zero-order chi connectivity index (χ0) is 22.1. The number of aliphatic imine (C=N–C) groups is 1. The van der Waals surface area contributed by atoms with E-state index in [9.17, 15) is 13.6 Å². The molecule has 0 atom stereocenters. The molecule has 10 heteroatoms. The molecular formula is C21H24F2N4O4. The Morgan fingerprint density at radius 2 is 1.81 bits per heavy atom. The number of nitrogens with one attached hydrogen (secondary N) is 3. The van der Waals surface area contributed by atoms with E-state index in [-0.39, 0.29) is 25.0 Å². The van der Waals surface area contributed by atoms with Gasteiger partial charge in [0, 0.05) is 36.8 Å². The lowest BCUT2D eigenvalue weighted by atomic mass is 10.1. The molecule has 8 nitrogen and oxygen atoms in total. The first-order valence-corrected chi connectivity index (χ1v) is 9.79. The van der Waals surface area contributed by atoms with E-state index in [1.54, 1.807) is 30.3 Å². The van der Waals surface area contributed by atoms with Gasteiger partial charge < -0.3 is 30.2 Å². The molecule has 1 aliphatic rings. The molecule has 3 N–H and O–H groups in total. The van der Waals surface area contributed by atoms with Gasteiger partial charge in [-0.25, -0.2) is 4.99 Å². The third-order valence-corrected chi connectivity index (χ3v) is 4.26. The van der Waals surface area contributed by atoms with Gasteiger partial charge >= 0.3 is 6.61 Å². The fraction of sp³-hybridized carbons (Fsp3) is 0.333. The van der Waals surface area contributed by atoms with Gasteiger partial charge in [0.1, 0.15) is 5.75 Å². The Morgan fingerprint density at radius 1 is 1.10 bits per heavy atom. The van der Waals surface area contributed by atoms with Crippen molar-refractivity contribution in [3.63, 3.8) is 0 Å². The van der Waals surface area contributed by atoms with Crippen LogP contribution in [-0.4, -0.2) is 44.9 Å². The molecule has 1 amide bonds. The average molecular weight is 434 g/mol. The lowest BCUT2D eigenvalue weighted by Gasteiger charge is -2.14. The molecule has 0 radical (unpaired) electrons.